The number of nitrogens with one attached hydrogen (secondary N) is 1. The molecule has 0 radical (unpaired) electrons. The third-order valence-electron chi connectivity index (χ3n) is 5.41. The fraction of sp³-hybridized carbons (Fsp3) is 0.632. The van der Waals surface area contributed by atoms with Crippen molar-refractivity contribution in [1.82, 2.24) is 10.2 Å². The molecular weight excluding hydrogens is 318 g/mol. The summed E-state index contributed by atoms with van der Waals surface area (Å²) in [6.45, 7) is 6.22. The van der Waals surface area contributed by atoms with Gasteiger partial charge in [0.05, 0.1) is 12.8 Å². The van der Waals surface area contributed by atoms with Gasteiger partial charge in [0.2, 0.25) is 0 Å². The van der Waals surface area contributed by atoms with E-state index in [-0.39, 0.29) is 0 Å². The highest BCUT2D eigenvalue weighted by atomic mass is 32.1. The highest BCUT2D eigenvalue weighted by Gasteiger charge is 2.25. The largest absolute Gasteiger partial charge is 0.495 e. The van der Waals surface area contributed by atoms with E-state index in [0.717, 1.165) is 43.0 Å². The smallest absolute Gasteiger partial charge is 0.169 e. The van der Waals surface area contributed by atoms with Crippen molar-refractivity contribution in [2.24, 2.45) is 5.92 Å². The van der Waals surface area contributed by atoms with Crippen LogP contribution in [0.25, 0.3) is 0 Å². The molecule has 1 aliphatic carbocycles. The number of rotatable bonds is 3. The molecule has 4 nitrogen and oxygen atoms in total. The van der Waals surface area contributed by atoms with Gasteiger partial charge in [0.15, 0.2) is 5.11 Å². The number of thiocarbonyl (C=S) groups is 1. The van der Waals surface area contributed by atoms with Gasteiger partial charge in [-0.15, -0.1) is 0 Å². The number of benzene rings is 1. The molecule has 2 fully saturated rings. The molecular formula is C19H29N3OS. The van der Waals surface area contributed by atoms with Crippen molar-refractivity contribution in [3.05, 3.63) is 24.3 Å². The molecule has 2 aliphatic rings. The normalized spacial score (nSPS) is 24.6. The van der Waals surface area contributed by atoms with E-state index < -0.39 is 0 Å². The zero-order valence-electron chi connectivity index (χ0n) is 14.8. The lowest BCUT2D eigenvalue weighted by Gasteiger charge is -2.40. The first-order chi connectivity index (χ1) is 11.7. The SMILES string of the molecule is COc1ccccc1N1CCN(C(=S)N[C@@H]2CCCC[C@@H]2C)CC1. The number of ether oxygens (including phenoxy) is 1. The Morgan fingerprint density at radius 2 is 1.83 bits per heavy atom. The van der Waals surface area contributed by atoms with Crippen LogP contribution in [0.5, 0.6) is 5.75 Å². The van der Waals surface area contributed by atoms with Crippen LogP contribution < -0.4 is 15.0 Å². The van der Waals surface area contributed by atoms with Crippen molar-refractivity contribution in [1.29, 1.82) is 0 Å². The van der Waals surface area contributed by atoms with E-state index in [1.165, 1.54) is 31.4 Å². The average Bonchev–Trinajstić information content (AvgIpc) is 2.63. The van der Waals surface area contributed by atoms with Gasteiger partial charge >= 0.3 is 0 Å². The lowest BCUT2D eigenvalue weighted by atomic mass is 9.86. The standard InChI is InChI=1S/C19H29N3OS/c1-15-7-3-4-8-16(15)20-19(24)22-13-11-21(12-14-22)17-9-5-6-10-18(17)23-2/h5-6,9-10,15-16H,3-4,7-8,11-14H2,1-2H3,(H,20,24)/t15-,16+/m0/s1. The number of hydrogen-bond acceptors (Lipinski definition) is 3. The molecule has 1 aliphatic heterocycles. The van der Waals surface area contributed by atoms with E-state index in [1.54, 1.807) is 7.11 Å². The predicted molar refractivity (Wildman–Crippen MR) is 104 cm³/mol. The zero-order chi connectivity index (χ0) is 16.9. The Balaban J connectivity index is 1.54. The molecule has 5 heteroatoms. The Morgan fingerprint density at radius 1 is 1.12 bits per heavy atom. The maximum atomic E-state index is 5.68. The van der Waals surface area contributed by atoms with Gasteiger partial charge in [-0.05, 0) is 43.1 Å². The molecule has 0 bridgehead atoms. The van der Waals surface area contributed by atoms with E-state index >= 15 is 0 Å². The number of methoxy groups -OCH3 is 1. The number of hydrogen-bond donors (Lipinski definition) is 1. The second-order valence-electron chi connectivity index (χ2n) is 6.96. The second kappa shape index (κ2) is 8.06. The van der Waals surface area contributed by atoms with Crippen molar-refractivity contribution < 1.29 is 4.74 Å². The van der Waals surface area contributed by atoms with Crippen LogP contribution in [-0.4, -0.2) is 49.3 Å². The molecule has 132 valence electrons. The van der Waals surface area contributed by atoms with E-state index in [0.29, 0.717) is 6.04 Å². The molecule has 1 heterocycles. The Bertz CT molecular complexity index is 557. The first-order valence-corrected chi connectivity index (χ1v) is 9.53. The van der Waals surface area contributed by atoms with Crippen molar-refractivity contribution in [3.8, 4) is 5.75 Å². The monoisotopic (exact) mass is 347 g/mol. The van der Waals surface area contributed by atoms with Gasteiger partial charge < -0.3 is 19.9 Å². The topological polar surface area (TPSA) is 27.7 Å². The molecule has 0 aromatic heterocycles. The Hall–Kier alpha value is -1.49. The van der Waals surface area contributed by atoms with Crippen molar-refractivity contribution in [3.63, 3.8) is 0 Å². The van der Waals surface area contributed by atoms with Crippen LogP contribution in [-0.2, 0) is 0 Å². The minimum atomic E-state index is 0.554. The van der Waals surface area contributed by atoms with Crippen LogP contribution in [0, 0.1) is 5.92 Å². The lowest BCUT2D eigenvalue weighted by molar-refractivity contribution is 0.293. The van der Waals surface area contributed by atoms with E-state index in [9.17, 15) is 0 Å². The molecule has 1 aromatic rings. The van der Waals surface area contributed by atoms with Crippen LogP contribution in [0.15, 0.2) is 24.3 Å². The molecule has 1 aromatic carbocycles. The minimum absolute atomic E-state index is 0.554. The molecule has 24 heavy (non-hydrogen) atoms. The van der Waals surface area contributed by atoms with Gasteiger partial charge in [-0.1, -0.05) is 31.9 Å². The van der Waals surface area contributed by atoms with Crippen LogP contribution in [0.1, 0.15) is 32.6 Å². The summed E-state index contributed by atoms with van der Waals surface area (Å²) in [6.07, 6.45) is 5.26. The van der Waals surface area contributed by atoms with E-state index in [1.807, 2.05) is 12.1 Å². The Labute approximate surface area is 151 Å². The van der Waals surface area contributed by atoms with Gasteiger partial charge in [0.1, 0.15) is 5.75 Å². The first kappa shape index (κ1) is 17.3. The van der Waals surface area contributed by atoms with Gasteiger partial charge in [0.25, 0.3) is 0 Å². The van der Waals surface area contributed by atoms with Crippen molar-refractivity contribution >= 4 is 23.0 Å². The van der Waals surface area contributed by atoms with Crippen LogP contribution in [0.2, 0.25) is 0 Å². The average molecular weight is 348 g/mol. The minimum Gasteiger partial charge on any atom is -0.495 e. The molecule has 1 saturated carbocycles. The van der Waals surface area contributed by atoms with E-state index in [2.05, 4.69) is 34.2 Å². The highest BCUT2D eigenvalue weighted by Crippen LogP contribution is 2.28. The van der Waals surface area contributed by atoms with Gasteiger partial charge in [-0.25, -0.2) is 0 Å². The summed E-state index contributed by atoms with van der Waals surface area (Å²) in [5.74, 6) is 1.68. The Morgan fingerprint density at radius 3 is 2.54 bits per heavy atom. The summed E-state index contributed by atoms with van der Waals surface area (Å²) in [5.41, 5.74) is 1.18. The molecule has 3 rings (SSSR count). The third-order valence-corrected chi connectivity index (χ3v) is 5.79. The first-order valence-electron chi connectivity index (χ1n) is 9.12. The van der Waals surface area contributed by atoms with Crippen LogP contribution in [0.3, 0.4) is 0 Å². The molecule has 0 unspecified atom stereocenters. The Kier molecular flexibility index (Phi) is 5.82. The molecule has 0 spiro atoms. The van der Waals surface area contributed by atoms with Crippen molar-refractivity contribution in [2.75, 3.05) is 38.2 Å². The maximum absolute atomic E-state index is 5.68. The maximum Gasteiger partial charge on any atom is 0.169 e. The number of nitrogens with zero attached hydrogens (tertiary/aromatic N) is 2. The van der Waals surface area contributed by atoms with Crippen LogP contribution >= 0.6 is 12.2 Å². The number of para-hydroxylation sites is 2. The summed E-state index contributed by atoms with van der Waals surface area (Å²) in [6, 6.07) is 8.80. The summed E-state index contributed by atoms with van der Waals surface area (Å²) >= 11 is 5.68. The number of piperazine rings is 1. The summed E-state index contributed by atoms with van der Waals surface area (Å²) in [5, 5.41) is 4.57. The fourth-order valence-electron chi connectivity index (χ4n) is 3.82. The predicted octanol–water partition coefficient (Wildman–Crippen LogP) is 3.27. The summed E-state index contributed by atoms with van der Waals surface area (Å²) in [7, 11) is 1.74. The van der Waals surface area contributed by atoms with E-state index in [4.69, 9.17) is 17.0 Å². The molecule has 1 N–H and O–H groups in total. The molecule has 2 atom stereocenters. The van der Waals surface area contributed by atoms with Gasteiger partial charge in [0, 0.05) is 32.2 Å². The second-order valence-corrected chi connectivity index (χ2v) is 7.35. The third kappa shape index (κ3) is 3.94. The zero-order valence-corrected chi connectivity index (χ0v) is 15.6. The van der Waals surface area contributed by atoms with Gasteiger partial charge in [-0.3, -0.25) is 0 Å². The van der Waals surface area contributed by atoms with Crippen LogP contribution in [0.4, 0.5) is 5.69 Å². The summed E-state index contributed by atoms with van der Waals surface area (Å²) in [4.78, 5) is 4.71. The molecule has 0 amide bonds. The van der Waals surface area contributed by atoms with Gasteiger partial charge in [-0.2, -0.15) is 0 Å². The highest BCUT2D eigenvalue weighted by molar-refractivity contribution is 7.80. The summed E-state index contributed by atoms with van der Waals surface area (Å²) < 4.78 is 5.49. The molecule has 1 saturated heterocycles. The lowest BCUT2D eigenvalue weighted by Crippen LogP contribution is -2.54. The quantitative estimate of drug-likeness (QED) is 0.847. The fourth-order valence-corrected chi connectivity index (χ4v) is 4.16. The number of anilines is 1. The van der Waals surface area contributed by atoms with Crippen molar-refractivity contribution in [2.45, 2.75) is 38.6 Å².